The second-order valence-electron chi connectivity index (χ2n) is 2.49. The van der Waals surface area contributed by atoms with Crippen LogP contribution in [0.3, 0.4) is 0 Å². The maximum absolute atomic E-state index is 11.1. The quantitative estimate of drug-likeness (QED) is 0.603. The molecule has 1 unspecified atom stereocenters. The van der Waals surface area contributed by atoms with Gasteiger partial charge in [-0.25, -0.2) is 0 Å². The van der Waals surface area contributed by atoms with Crippen molar-refractivity contribution in [3.63, 3.8) is 0 Å². The zero-order chi connectivity index (χ0) is 7.68. The molecule has 1 aromatic rings. The van der Waals surface area contributed by atoms with Crippen molar-refractivity contribution in [3.05, 3.63) is 27.3 Å². The highest BCUT2D eigenvalue weighted by molar-refractivity contribution is 7.88. The van der Waals surface area contributed by atoms with Crippen molar-refractivity contribution in [1.82, 2.24) is 0 Å². The predicted molar refractivity (Wildman–Crippen MR) is 50.1 cm³/mol. The Morgan fingerprint density at radius 1 is 1.45 bits per heavy atom. The molecule has 0 fully saturated rings. The second kappa shape index (κ2) is 2.91. The van der Waals surface area contributed by atoms with E-state index in [1.54, 1.807) is 16.7 Å². The van der Waals surface area contributed by atoms with E-state index in [2.05, 4.69) is 10.8 Å². The van der Waals surface area contributed by atoms with E-state index in [9.17, 15) is 4.21 Å². The van der Waals surface area contributed by atoms with Crippen LogP contribution in [0.15, 0.2) is 16.2 Å². The summed E-state index contributed by atoms with van der Waals surface area (Å²) < 4.78 is 11.1. The Labute approximate surface area is 72.2 Å². The standard InChI is InChI=1S/C8H8OS2/c9-11-3-1-7-5-10-6-8(7)2-4-11/h1,3,5-6H,2,4H2. The first kappa shape index (κ1) is 7.25. The summed E-state index contributed by atoms with van der Waals surface area (Å²) in [6.07, 6.45) is 2.92. The molecule has 1 aliphatic heterocycles. The molecule has 0 amide bonds. The molecule has 58 valence electrons. The molecule has 1 aromatic heterocycles. The second-order valence-corrected chi connectivity index (χ2v) is 4.68. The third-order valence-electron chi connectivity index (χ3n) is 1.75. The van der Waals surface area contributed by atoms with Crippen molar-refractivity contribution >= 4 is 28.2 Å². The van der Waals surface area contributed by atoms with Gasteiger partial charge >= 0.3 is 0 Å². The van der Waals surface area contributed by atoms with Crippen molar-refractivity contribution in [2.45, 2.75) is 6.42 Å². The van der Waals surface area contributed by atoms with Gasteiger partial charge in [-0.2, -0.15) is 11.3 Å². The van der Waals surface area contributed by atoms with Crippen LogP contribution in [-0.2, 0) is 17.2 Å². The molecule has 1 atom stereocenters. The zero-order valence-corrected chi connectivity index (χ0v) is 7.58. The number of hydrogen-bond acceptors (Lipinski definition) is 2. The average Bonchev–Trinajstić information content (AvgIpc) is 2.38. The minimum absolute atomic E-state index is 0.738. The molecule has 3 heteroatoms. The van der Waals surface area contributed by atoms with Gasteiger partial charge in [0.25, 0.3) is 0 Å². The monoisotopic (exact) mass is 184 g/mol. The first-order chi connectivity index (χ1) is 5.36. The summed E-state index contributed by atoms with van der Waals surface area (Å²) in [5, 5.41) is 6.04. The molecule has 0 aliphatic carbocycles. The van der Waals surface area contributed by atoms with Crippen LogP contribution in [0.1, 0.15) is 11.1 Å². The fraction of sp³-hybridized carbons (Fsp3) is 0.250. The van der Waals surface area contributed by atoms with Gasteiger partial charge in [0.15, 0.2) is 0 Å². The molecular formula is C8H8OS2. The largest absolute Gasteiger partial charge is 0.255 e. The van der Waals surface area contributed by atoms with Gasteiger partial charge in [0.1, 0.15) is 0 Å². The van der Waals surface area contributed by atoms with Gasteiger partial charge in [-0.05, 0) is 34.4 Å². The molecule has 0 saturated carbocycles. The molecule has 11 heavy (non-hydrogen) atoms. The molecule has 2 rings (SSSR count). The van der Waals surface area contributed by atoms with E-state index in [1.807, 2.05) is 6.08 Å². The van der Waals surface area contributed by atoms with E-state index >= 15 is 0 Å². The third kappa shape index (κ3) is 1.44. The van der Waals surface area contributed by atoms with Crippen molar-refractivity contribution < 1.29 is 4.21 Å². The van der Waals surface area contributed by atoms with Crippen LogP contribution >= 0.6 is 11.3 Å². The van der Waals surface area contributed by atoms with Gasteiger partial charge in [-0.3, -0.25) is 4.21 Å². The maximum atomic E-state index is 11.1. The number of hydrogen-bond donors (Lipinski definition) is 0. The lowest BCUT2D eigenvalue weighted by Gasteiger charge is -1.92. The molecule has 0 spiro atoms. The van der Waals surface area contributed by atoms with E-state index in [0.717, 1.165) is 12.2 Å². The van der Waals surface area contributed by atoms with Gasteiger partial charge in [-0.15, -0.1) is 0 Å². The predicted octanol–water partition coefficient (Wildman–Crippen LogP) is 2.02. The number of fused-ring (bicyclic) bond motifs is 1. The lowest BCUT2D eigenvalue weighted by atomic mass is 10.1. The van der Waals surface area contributed by atoms with Gasteiger partial charge < -0.3 is 0 Å². The first-order valence-electron chi connectivity index (χ1n) is 3.47. The molecule has 0 bridgehead atoms. The van der Waals surface area contributed by atoms with E-state index < -0.39 is 10.8 Å². The van der Waals surface area contributed by atoms with Crippen LogP contribution in [0.2, 0.25) is 0 Å². The van der Waals surface area contributed by atoms with E-state index in [1.165, 1.54) is 11.1 Å². The summed E-state index contributed by atoms with van der Waals surface area (Å²) in [6.45, 7) is 0. The highest BCUT2D eigenvalue weighted by Gasteiger charge is 2.06. The number of thiophene rings is 1. The fourth-order valence-corrected chi connectivity index (χ4v) is 2.83. The minimum atomic E-state index is -0.738. The van der Waals surface area contributed by atoms with Crippen LogP contribution < -0.4 is 0 Å². The average molecular weight is 184 g/mol. The SMILES string of the molecule is O=S1C=Cc2cscc2CC1. The lowest BCUT2D eigenvalue weighted by molar-refractivity contribution is 0.688. The maximum Gasteiger partial charge on any atom is 0.0459 e. The van der Waals surface area contributed by atoms with Crippen LogP contribution in [0.25, 0.3) is 6.08 Å². The zero-order valence-electron chi connectivity index (χ0n) is 5.95. The van der Waals surface area contributed by atoms with Crippen LogP contribution in [0.5, 0.6) is 0 Å². The van der Waals surface area contributed by atoms with E-state index in [-0.39, 0.29) is 0 Å². The van der Waals surface area contributed by atoms with Crippen LogP contribution in [-0.4, -0.2) is 9.96 Å². The van der Waals surface area contributed by atoms with E-state index in [4.69, 9.17) is 0 Å². The van der Waals surface area contributed by atoms with Gasteiger partial charge in [0.2, 0.25) is 0 Å². The summed E-state index contributed by atoms with van der Waals surface area (Å²) in [5.41, 5.74) is 2.60. The first-order valence-corrected chi connectivity index (χ1v) is 5.79. The normalized spacial score (nSPS) is 22.7. The van der Waals surface area contributed by atoms with Gasteiger partial charge in [-0.1, -0.05) is 0 Å². The summed E-state index contributed by atoms with van der Waals surface area (Å²) in [6, 6.07) is 0. The van der Waals surface area contributed by atoms with Crippen molar-refractivity contribution in [2.24, 2.45) is 0 Å². The molecule has 0 aromatic carbocycles. The minimum Gasteiger partial charge on any atom is -0.255 e. The molecular weight excluding hydrogens is 176 g/mol. The fourth-order valence-electron chi connectivity index (χ4n) is 1.11. The summed E-state index contributed by atoms with van der Waals surface area (Å²) >= 11 is 1.72. The Morgan fingerprint density at radius 3 is 3.27 bits per heavy atom. The summed E-state index contributed by atoms with van der Waals surface area (Å²) in [4.78, 5) is 0. The smallest absolute Gasteiger partial charge is 0.0459 e. The Kier molecular flexibility index (Phi) is 1.92. The highest BCUT2D eigenvalue weighted by Crippen LogP contribution is 2.20. The molecule has 0 saturated heterocycles. The van der Waals surface area contributed by atoms with Crippen molar-refractivity contribution in [3.8, 4) is 0 Å². The van der Waals surface area contributed by atoms with Gasteiger partial charge in [0.05, 0.1) is 0 Å². The topological polar surface area (TPSA) is 17.1 Å². The Balaban J connectivity index is 2.42. The van der Waals surface area contributed by atoms with Crippen molar-refractivity contribution in [1.29, 1.82) is 0 Å². The molecule has 0 N–H and O–H groups in total. The molecule has 0 radical (unpaired) electrons. The summed E-state index contributed by atoms with van der Waals surface area (Å²) in [5.74, 6) is 0.778. The van der Waals surface area contributed by atoms with E-state index in [0.29, 0.717) is 0 Å². The Morgan fingerprint density at radius 2 is 2.36 bits per heavy atom. The van der Waals surface area contributed by atoms with Gasteiger partial charge in [0, 0.05) is 22.0 Å². The Bertz CT molecular complexity index is 312. The Hall–Kier alpha value is -0.410. The molecule has 1 aliphatic rings. The highest BCUT2D eigenvalue weighted by atomic mass is 32.2. The molecule has 1 nitrogen and oxygen atoms in total. The lowest BCUT2D eigenvalue weighted by Crippen LogP contribution is -1.94. The molecule has 2 heterocycles. The van der Waals surface area contributed by atoms with Crippen molar-refractivity contribution in [2.75, 3.05) is 5.75 Å². The van der Waals surface area contributed by atoms with Crippen LogP contribution in [0, 0.1) is 0 Å². The number of rotatable bonds is 0. The third-order valence-corrected chi connectivity index (χ3v) is 3.60. The number of aryl methyl sites for hydroxylation is 1. The summed E-state index contributed by atoms with van der Waals surface area (Å²) in [7, 11) is -0.738. The van der Waals surface area contributed by atoms with Crippen LogP contribution in [0.4, 0.5) is 0 Å².